The summed E-state index contributed by atoms with van der Waals surface area (Å²) in [7, 11) is 1.32. The number of nitrogens with zero attached hydrogens (tertiary/aromatic N) is 1. The van der Waals surface area contributed by atoms with Crippen LogP contribution in [0.2, 0.25) is 0 Å². The van der Waals surface area contributed by atoms with Gasteiger partial charge in [0.25, 0.3) is 5.69 Å². The fourth-order valence-electron chi connectivity index (χ4n) is 2.85. The maximum Gasteiger partial charge on any atom is 0.337 e. The summed E-state index contributed by atoms with van der Waals surface area (Å²) in [6.07, 6.45) is 1.93. The van der Waals surface area contributed by atoms with Gasteiger partial charge in [-0.2, -0.15) is 0 Å². The van der Waals surface area contributed by atoms with Crippen molar-refractivity contribution in [3.8, 4) is 0 Å². The molecule has 1 heterocycles. The number of benzene rings is 1. The summed E-state index contributed by atoms with van der Waals surface area (Å²) in [6.45, 7) is 4.36. The smallest absolute Gasteiger partial charge is 0.337 e. The van der Waals surface area contributed by atoms with Crippen LogP contribution in [0.25, 0.3) is 0 Å². The molecule has 1 aromatic carbocycles. The van der Waals surface area contributed by atoms with Gasteiger partial charge >= 0.3 is 5.97 Å². The van der Waals surface area contributed by atoms with E-state index in [-0.39, 0.29) is 11.6 Å². The number of carbonyl (C=O) groups is 1. The highest BCUT2D eigenvalue weighted by atomic mass is 16.7. The predicted molar refractivity (Wildman–Crippen MR) is 90.9 cm³/mol. The SMILES string of the molecule is CCCCO[C@H]1C[C@@H](c2ccc([N+](=O)[O-])cc2)C(C(=O)OC)=C(C)O1. The molecule has 0 radical (unpaired) electrons. The highest BCUT2D eigenvalue weighted by Crippen LogP contribution is 2.38. The molecule has 25 heavy (non-hydrogen) atoms. The highest BCUT2D eigenvalue weighted by Gasteiger charge is 2.35. The van der Waals surface area contributed by atoms with E-state index in [4.69, 9.17) is 14.2 Å². The number of carbonyl (C=O) groups excluding carboxylic acids is 1. The van der Waals surface area contributed by atoms with Crippen LogP contribution in [0, 0.1) is 10.1 Å². The van der Waals surface area contributed by atoms with Crippen LogP contribution in [0.4, 0.5) is 5.69 Å². The lowest BCUT2D eigenvalue weighted by atomic mass is 9.85. The Hall–Kier alpha value is -2.41. The molecule has 0 N–H and O–H groups in total. The number of allylic oxidation sites excluding steroid dienone is 1. The van der Waals surface area contributed by atoms with Gasteiger partial charge in [-0.25, -0.2) is 4.79 Å². The third-order valence-corrected chi connectivity index (χ3v) is 4.18. The molecule has 2 atom stereocenters. The lowest BCUT2D eigenvalue weighted by Crippen LogP contribution is -2.30. The molecule has 0 fully saturated rings. The fourth-order valence-corrected chi connectivity index (χ4v) is 2.85. The van der Waals surface area contributed by atoms with Crippen molar-refractivity contribution in [2.75, 3.05) is 13.7 Å². The van der Waals surface area contributed by atoms with Crippen molar-refractivity contribution in [3.63, 3.8) is 0 Å². The van der Waals surface area contributed by atoms with Crippen LogP contribution in [-0.4, -0.2) is 30.9 Å². The maximum atomic E-state index is 12.2. The number of hydrogen-bond acceptors (Lipinski definition) is 6. The Morgan fingerprint density at radius 1 is 1.36 bits per heavy atom. The minimum Gasteiger partial charge on any atom is -0.469 e. The summed E-state index contributed by atoms with van der Waals surface area (Å²) in [5, 5.41) is 10.8. The zero-order valence-corrected chi connectivity index (χ0v) is 14.7. The first kappa shape index (κ1) is 18.9. The highest BCUT2D eigenvalue weighted by molar-refractivity contribution is 5.91. The average molecular weight is 349 g/mol. The number of non-ortho nitro benzene ring substituents is 1. The molecule has 1 aliphatic heterocycles. The lowest BCUT2D eigenvalue weighted by molar-refractivity contribution is -0.384. The van der Waals surface area contributed by atoms with Crippen molar-refractivity contribution in [1.82, 2.24) is 0 Å². The molecule has 0 aromatic heterocycles. The van der Waals surface area contributed by atoms with Crippen LogP contribution in [0.1, 0.15) is 44.6 Å². The minimum atomic E-state index is -0.465. The standard InChI is InChI=1S/C18H23NO6/c1-4-5-10-24-16-11-15(17(12(2)25-16)18(20)23-3)13-6-8-14(9-7-13)19(21)22/h6-9,15-16H,4-5,10-11H2,1-3H3/t15-,16+/m0/s1. The molecular weight excluding hydrogens is 326 g/mol. The quantitative estimate of drug-likeness (QED) is 0.323. The van der Waals surface area contributed by atoms with Crippen LogP contribution < -0.4 is 0 Å². The summed E-state index contributed by atoms with van der Waals surface area (Å²) in [4.78, 5) is 22.6. The second-order valence-corrected chi connectivity index (χ2v) is 5.87. The molecule has 0 bridgehead atoms. The summed E-state index contributed by atoms with van der Waals surface area (Å²) in [5.74, 6) is -0.301. The van der Waals surface area contributed by atoms with Gasteiger partial charge < -0.3 is 14.2 Å². The number of methoxy groups -OCH3 is 1. The number of nitro groups is 1. The first-order valence-corrected chi connectivity index (χ1v) is 8.29. The van der Waals surface area contributed by atoms with E-state index in [0.29, 0.717) is 24.4 Å². The third-order valence-electron chi connectivity index (χ3n) is 4.18. The van der Waals surface area contributed by atoms with Crippen molar-refractivity contribution >= 4 is 11.7 Å². The van der Waals surface area contributed by atoms with Crippen LogP contribution in [0.3, 0.4) is 0 Å². The third kappa shape index (κ3) is 4.57. The Kier molecular flexibility index (Phi) is 6.52. The number of unbranched alkanes of at least 4 members (excludes halogenated alkanes) is 1. The van der Waals surface area contributed by atoms with Crippen LogP contribution in [0.15, 0.2) is 35.6 Å². The summed E-state index contributed by atoms with van der Waals surface area (Å²) >= 11 is 0. The van der Waals surface area contributed by atoms with Gasteiger partial charge in [0, 0.05) is 24.5 Å². The van der Waals surface area contributed by atoms with E-state index in [0.717, 1.165) is 18.4 Å². The molecule has 7 heteroatoms. The number of esters is 1. The molecule has 1 aromatic rings. The van der Waals surface area contributed by atoms with E-state index in [1.165, 1.54) is 19.2 Å². The summed E-state index contributed by atoms with van der Waals surface area (Å²) in [5.41, 5.74) is 1.22. The van der Waals surface area contributed by atoms with E-state index in [2.05, 4.69) is 6.92 Å². The zero-order chi connectivity index (χ0) is 18.4. The Labute approximate surface area is 146 Å². The molecule has 0 aliphatic carbocycles. The van der Waals surface area contributed by atoms with E-state index < -0.39 is 17.2 Å². The largest absolute Gasteiger partial charge is 0.469 e. The average Bonchev–Trinajstić information content (AvgIpc) is 2.61. The topological polar surface area (TPSA) is 87.9 Å². The Balaban J connectivity index is 2.30. The molecule has 0 amide bonds. The number of nitro benzene ring substituents is 1. The molecular formula is C18H23NO6. The predicted octanol–water partition coefficient (Wildman–Crippen LogP) is 3.69. The van der Waals surface area contributed by atoms with Crippen LogP contribution in [-0.2, 0) is 19.0 Å². The van der Waals surface area contributed by atoms with Gasteiger partial charge in [-0.05, 0) is 18.9 Å². The minimum absolute atomic E-state index is 0.00637. The van der Waals surface area contributed by atoms with Crippen molar-refractivity contribution in [2.24, 2.45) is 0 Å². The molecule has 0 unspecified atom stereocenters. The van der Waals surface area contributed by atoms with Crippen molar-refractivity contribution < 1.29 is 23.9 Å². The number of rotatable bonds is 7. The molecule has 0 spiro atoms. The molecule has 2 rings (SSSR count). The molecule has 1 aliphatic rings. The van der Waals surface area contributed by atoms with Gasteiger partial charge in [-0.3, -0.25) is 10.1 Å². The first-order valence-electron chi connectivity index (χ1n) is 8.29. The Bertz CT molecular complexity index is 652. The zero-order valence-electron chi connectivity index (χ0n) is 14.7. The van der Waals surface area contributed by atoms with Gasteiger partial charge in [0.15, 0.2) is 6.29 Å². The fraction of sp³-hybridized carbons (Fsp3) is 0.500. The van der Waals surface area contributed by atoms with E-state index in [1.807, 2.05) is 0 Å². The molecule has 7 nitrogen and oxygen atoms in total. The monoisotopic (exact) mass is 349 g/mol. The van der Waals surface area contributed by atoms with Crippen LogP contribution >= 0.6 is 0 Å². The van der Waals surface area contributed by atoms with Crippen molar-refractivity contribution in [1.29, 1.82) is 0 Å². The normalized spacial score (nSPS) is 20.1. The molecule has 0 saturated heterocycles. The summed E-state index contributed by atoms with van der Waals surface area (Å²) in [6, 6.07) is 6.19. The van der Waals surface area contributed by atoms with E-state index in [1.54, 1.807) is 19.1 Å². The maximum absolute atomic E-state index is 12.2. The Morgan fingerprint density at radius 2 is 2.04 bits per heavy atom. The lowest BCUT2D eigenvalue weighted by Gasteiger charge is -2.32. The Morgan fingerprint density at radius 3 is 2.60 bits per heavy atom. The molecule has 136 valence electrons. The first-order chi connectivity index (χ1) is 12.0. The van der Waals surface area contributed by atoms with Gasteiger partial charge in [0.2, 0.25) is 0 Å². The van der Waals surface area contributed by atoms with Gasteiger partial charge in [-0.1, -0.05) is 25.5 Å². The van der Waals surface area contributed by atoms with Gasteiger partial charge in [0.1, 0.15) is 5.76 Å². The van der Waals surface area contributed by atoms with Gasteiger partial charge in [0.05, 0.1) is 24.2 Å². The second kappa shape index (κ2) is 8.62. The number of hydrogen-bond donors (Lipinski definition) is 0. The van der Waals surface area contributed by atoms with Gasteiger partial charge in [-0.15, -0.1) is 0 Å². The van der Waals surface area contributed by atoms with Crippen LogP contribution in [0.5, 0.6) is 0 Å². The summed E-state index contributed by atoms with van der Waals surface area (Å²) < 4.78 is 16.4. The van der Waals surface area contributed by atoms with E-state index in [9.17, 15) is 14.9 Å². The second-order valence-electron chi connectivity index (χ2n) is 5.87. The molecule has 0 saturated carbocycles. The van der Waals surface area contributed by atoms with Crippen molar-refractivity contribution in [2.45, 2.75) is 45.3 Å². The number of ether oxygens (including phenoxy) is 3. The van der Waals surface area contributed by atoms with E-state index >= 15 is 0 Å². The van der Waals surface area contributed by atoms with Crippen molar-refractivity contribution in [3.05, 3.63) is 51.3 Å².